The number of halogens is 3. The predicted octanol–water partition coefficient (Wildman–Crippen LogP) is 3.36. The molecule has 6 nitrogen and oxygen atoms in total. The van der Waals surface area contributed by atoms with Crippen LogP contribution in [0.5, 0.6) is 0 Å². The van der Waals surface area contributed by atoms with E-state index in [-0.39, 0.29) is 18.4 Å². The summed E-state index contributed by atoms with van der Waals surface area (Å²) in [5, 5.41) is 11.9. The molecule has 1 saturated heterocycles. The maximum Gasteiger partial charge on any atom is 0.494 e. The largest absolute Gasteiger partial charge is 0.494 e. The number of hydrogen-bond acceptors (Lipinski definition) is 4. The number of alkyl halides is 3. The van der Waals surface area contributed by atoms with Crippen molar-refractivity contribution in [3.63, 3.8) is 0 Å². The number of carboxylic acids is 1. The van der Waals surface area contributed by atoms with E-state index in [4.69, 9.17) is 9.31 Å². The van der Waals surface area contributed by atoms with Crippen LogP contribution < -0.4 is 10.8 Å². The topological polar surface area (TPSA) is 84.9 Å². The summed E-state index contributed by atoms with van der Waals surface area (Å²) in [4.78, 5) is 24.0. The van der Waals surface area contributed by atoms with Crippen molar-refractivity contribution in [3.05, 3.63) is 65.2 Å². The summed E-state index contributed by atoms with van der Waals surface area (Å²) in [6.45, 7) is 7.78. The van der Waals surface area contributed by atoms with Crippen LogP contribution in [0.25, 0.3) is 0 Å². The zero-order valence-electron chi connectivity index (χ0n) is 19.4. The van der Waals surface area contributed by atoms with Crippen molar-refractivity contribution in [2.24, 2.45) is 0 Å². The number of carbonyl (C=O) groups excluding carboxylic acids is 1. The van der Waals surface area contributed by atoms with E-state index in [0.29, 0.717) is 5.56 Å². The van der Waals surface area contributed by atoms with Crippen LogP contribution in [0.15, 0.2) is 48.5 Å². The van der Waals surface area contributed by atoms with E-state index in [2.05, 4.69) is 5.32 Å². The Labute approximate surface area is 196 Å². The molecule has 1 amide bonds. The highest BCUT2D eigenvalue weighted by atomic mass is 19.4. The highest BCUT2D eigenvalue weighted by Gasteiger charge is 2.51. The fourth-order valence-corrected chi connectivity index (χ4v) is 3.51. The molecule has 0 spiro atoms. The van der Waals surface area contributed by atoms with E-state index in [9.17, 15) is 27.9 Å². The predicted molar refractivity (Wildman–Crippen MR) is 121 cm³/mol. The molecule has 2 aromatic carbocycles. The van der Waals surface area contributed by atoms with E-state index >= 15 is 0 Å². The molecular weight excluding hydrogens is 450 g/mol. The van der Waals surface area contributed by atoms with Crippen molar-refractivity contribution in [2.45, 2.75) is 64.0 Å². The lowest BCUT2D eigenvalue weighted by Gasteiger charge is -2.32. The van der Waals surface area contributed by atoms with Crippen molar-refractivity contribution in [2.75, 3.05) is 0 Å². The molecule has 1 heterocycles. The van der Waals surface area contributed by atoms with Crippen molar-refractivity contribution < 1.29 is 37.2 Å². The number of carboxylic acid groups (broad SMARTS) is 1. The number of aliphatic carboxylic acids is 1. The summed E-state index contributed by atoms with van der Waals surface area (Å²) in [5.41, 5.74) is -0.267. The van der Waals surface area contributed by atoms with Crippen LogP contribution in [0.3, 0.4) is 0 Å². The fourth-order valence-electron chi connectivity index (χ4n) is 3.51. The standard InChI is InChI=1S/C24H27BF3NO5/c1-22(2)23(3,4)34-25(33-22)18-10-8-15(9-11-18)13-19(21(31)32)29-20(30)14-16-6-5-7-17(12-16)24(26,27)28/h5-12,19H,13-14H2,1-4H3,(H,29,30)(H,31,32)/t19-/m1/s1. The second-order valence-corrected chi connectivity index (χ2v) is 9.37. The molecule has 34 heavy (non-hydrogen) atoms. The van der Waals surface area contributed by atoms with Gasteiger partial charge < -0.3 is 19.7 Å². The third-order valence-corrected chi connectivity index (χ3v) is 6.20. The number of rotatable bonds is 7. The number of amides is 1. The monoisotopic (exact) mass is 477 g/mol. The van der Waals surface area contributed by atoms with E-state index in [1.165, 1.54) is 12.1 Å². The summed E-state index contributed by atoms with van der Waals surface area (Å²) >= 11 is 0. The van der Waals surface area contributed by atoms with Crippen LogP contribution >= 0.6 is 0 Å². The van der Waals surface area contributed by atoms with Gasteiger partial charge in [-0.2, -0.15) is 13.2 Å². The minimum atomic E-state index is -4.53. The number of carbonyl (C=O) groups is 2. The van der Waals surface area contributed by atoms with E-state index < -0.39 is 48.0 Å². The van der Waals surface area contributed by atoms with Gasteiger partial charge in [0.15, 0.2) is 0 Å². The molecule has 1 fully saturated rings. The minimum Gasteiger partial charge on any atom is -0.480 e. The van der Waals surface area contributed by atoms with Crippen LogP contribution in [0.2, 0.25) is 0 Å². The van der Waals surface area contributed by atoms with Gasteiger partial charge in [-0.25, -0.2) is 4.79 Å². The van der Waals surface area contributed by atoms with Crippen LogP contribution in [-0.2, 0) is 37.9 Å². The third kappa shape index (κ3) is 5.98. The zero-order chi connectivity index (χ0) is 25.3. The average Bonchev–Trinajstić information content (AvgIpc) is 2.94. The molecule has 2 aromatic rings. The van der Waals surface area contributed by atoms with Crippen LogP contribution in [-0.4, -0.2) is 41.3 Å². The van der Waals surface area contributed by atoms with Gasteiger partial charge in [-0.1, -0.05) is 42.5 Å². The van der Waals surface area contributed by atoms with Crippen molar-refractivity contribution >= 4 is 24.5 Å². The second-order valence-electron chi connectivity index (χ2n) is 9.37. The molecule has 0 unspecified atom stereocenters. The Morgan fingerprint density at radius 1 is 1.00 bits per heavy atom. The van der Waals surface area contributed by atoms with Gasteiger partial charge in [-0.05, 0) is 50.4 Å². The Balaban J connectivity index is 1.63. The third-order valence-electron chi connectivity index (χ3n) is 6.20. The van der Waals surface area contributed by atoms with Gasteiger partial charge in [0.05, 0.1) is 23.2 Å². The summed E-state index contributed by atoms with van der Waals surface area (Å²) in [6, 6.07) is 10.2. The molecule has 0 aliphatic carbocycles. The normalized spacial score (nSPS) is 17.9. The molecule has 0 bridgehead atoms. The maximum atomic E-state index is 12.9. The van der Waals surface area contributed by atoms with Crippen LogP contribution in [0, 0.1) is 0 Å². The molecule has 0 radical (unpaired) electrons. The summed E-state index contributed by atoms with van der Waals surface area (Å²) in [6.07, 6.45) is -4.88. The molecule has 3 rings (SSSR count). The molecule has 1 atom stereocenters. The van der Waals surface area contributed by atoms with Gasteiger partial charge in [0.1, 0.15) is 6.04 Å². The second kappa shape index (κ2) is 9.42. The number of nitrogens with one attached hydrogen (secondary N) is 1. The SMILES string of the molecule is CC1(C)OB(c2ccc(C[C@@H](NC(=O)Cc3cccc(C(F)(F)F)c3)C(=O)O)cc2)OC1(C)C. The van der Waals surface area contributed by atoms with E-state index in [0.717, 1.165) is 17.6 Å². The van der Waals surface area contributed by atoms with Gasteiger partial charge in [-0.15, -0.1) is 0 Å². The summed E-state index contributed by atoms with van der Waals surface area (Å²) in [5.74, 6) is -1.92. The van der Waals surface area contributed by atoms with Gasteiger partial charge in [0.25, 0.3) is 0 Å². The molecule has 182 valence electrons. The molecule has 1 aliphatic heterocycles. The highest BCUT2D eigenvalue weighted by Crippen LogP contribution is 2.36. The number of hydrogen-bond donors (Lipinski definition) is 2. The Hall–Kier alpha value is -2.85. The van der Waals surface area contributed by atoms with E-state index in [1.54, 1.807) is 24.3 Å². The quantitative estimate of drug-likeness (QED) is 0.598. The number of benzene rings is 2. The minimum absolute atomic E-state index is 0.00725. The van der Waals surface area contributed by atoms with Crippen molar-refractivity contribution in [3.8, 4) is 0 Å². The average molecular weight is 477 g/mol. The molecule has 0 saturated carbocycles. The first-order chi connectivity index (χ1) is 15.7. The lowest BCUT2D eigenvalue weighted by molar-refractivity contribution is -0.141. The van der Waals surface area contributed by atoms with Crippen LogP contribution in [0.1, 0.15) is 44.4 Å². The lowest BCUT2D eigenvalue weighted by Crippen LogP contribution is -2.43. The molecular formula is C24H27BF3NO5. The van der Waals surface area contributed by atoms with E-state index in [1.807, 2.05) is 27.7 Å². The molecule has 2 N–H and O–H groups in total. The Morgan fingerprint density at radius 3 is 2.12 bits per heavy atom. The molecule has 10 heteroatoms. The first-order valence-electron chi connectivity index (χ1n) is 10.8. The fraction of sp³-hybridized carbons (Fsp3) is 0.417. The van der Waals surface area contributed by atoms with Gasteiger partial charge in [-0.3, -0.25) is 4.79 Å². The first kappa shape index (κ1) is 25.8. The smallest absolute Gasteiger partial charge is 0.480 e. The first-order valence-corrected chi connectivity index (χ1v) is 10.8. The molecule has 0 aromatic heterocycles. The zero-order valence-corrected chi connectivity index (χ0v) is 19.4. The van der Waals surface area contributed by atoms with Gasteiger partial charge in [0.2, 0.25) is 5.91 Å². The van der Waals surface area contributed by atoms with Crippen LogP contribution in [0.4, 0.5) is 13.2 Å². The van der Waals surface area contributed by atoms with Gasteiger partial charge >= 0.3 is 19.3 Å². The van der Waals surface area contributed by atoms with Crippen molar-refractivity contribution in [1.82, 2.24) is 5.32 Å². The molecule has 1 aliphatic rings. The Morgan fingerprint density at radius 2 is 1.59 bits per heavy atom. The lowest BCUT2D eigenvalue weighted by atomic mass is 9.78. The summed E-state index contributed by atoms with van der Waals surface area (Å²) in [7, 11) is -0.554. The Bertz CT molecular complexity index is 1040. The highest BCUT2D eigenvalue weighted by molar-refractivity contribution is 6.62. The van der Waals surface area contributed by atoms with Gasteiger partial charge in [0, 0.05) is 6.42 Å². The maximum absolute atomic E-state index is 12.9. The Kier molecular flexibility index (Phi) is 7.14. The summed E-state index contributed by atoms with van der Waals surface area (Å²) < 4.78 is 50.6. The van der Waals surface area contributed by atoms with Crippen molar-refractivity contribution in [1.29, 1.82) is 0 Å².